The van der Waals surface area contributed by atoms with E-state index in [-0.39, 0.29) is 11.9 Å². The quantitative estimate of drug-likeness (QED) is 0.741. The Hall–Kier alpha value is -2.63. The first-order chi connectivity index (χ1) is 11.8. The van der Waals surface area contributed by atoms with Crippen molar-refractivity contribution in [2.24, 2.45) is 0 Å². The summed E-state index contributed by atoms with van der Waals surface area (Å²) in [6.07, 6.45) is 10.5. The minimum atomic E-state index is 0.0272. The van der Waals surface area contributed by atoms with Crippen LogP contribution in [0.2, 0.25) is 0 Å². The van der Waals surface area contributed by atoms with Crippen LogP contribution in [0.5, 0.6) is 0 Å². The summed E-state index contributed by atoms with van der Waals surface area (Å²) in [5, 5.41) is 0. The van der Waals surface area contributed by atoms with E-state index >= 15 is 0 Å². The first kappa shape index (κ1) is 14.9. The first-order valence-corrected chi connectivity index (χ1v) is 8.50. The Balaban J connectivity index is 1.56. The number of amides is 1. The van der Waals surface area contributed by atoms with Gasteiger partial charge < -0.3 is 13.9 Å². The second kappa shape index (κ2) is 6.11. The van der Waals surface area contributed by atoms with Gasteiger partial charge in [-0.05, 0) is 31.0 Å². The Morgan fingerprint density at radius 3 is 3.12 bits per heavy atom. The van der Waals surface area contributed by atoms with Crippen LogP contribution < -0.4 is 0 Å². The molecule has 1 aliphatic heterocycles. The smallest absolute Gasteiger partial charge is 0.272 e. The zero-order valence-corrected chi connectivity index (χ0v) is 13.8. The highest BCUT2D eigenvalue weighted by Gasteiger charge is 2.30. The lowest BCUT2D eigenvalue weighted by Gasteiger charge is -2.25. The predicted molar refractivity (Wildman–Crippen MR) is 90.9 cm³/mol. The average Bonchev–Trinajstić information content (AvgIpc) is 3.34. The van der Waals surface area contributed by atoms with Gasteiger partial charge in [-0.3, -0.25) is 4.79 Å². The zero-order valence-electron chi connectivity index (χ0n) is 13.8. The Kier molecular flexibility index (Phi) is 3.80. The Morgan fingerprint density at radius 2 is 2.25 bits per heavy atom. The molecule has 0 aliphatic carbocycles. The third kappa shape index (κ3) is 2.58. The van der Waals surface area contributed by atoms with Gasteiger partial charge in [-0.1, -0.05) is 6.92 Å². The van der Waals surface area contributed by atoms with Crippen molar-refractivity contribution in [3.63, 3.8) is 0 Å². The van der Waals surface area contributed by atoms with Crippen LogP contribution in [0.15, 0.2) is 43.1 Å². The normalized spacial score (nSPS) is 17.7. The third-order valence-corrected chi connectivity index (χ3v) is 4.80. The van der Waals surface area contributed by atoms with Crippen LogP contribution in [0.1, 0.15) is 36.1 Å². The number of nitrogens with zero attached hydrogens (tertiary/aromatic N) is 5. The fourth-order valence-electron chi connectivity index (χ4n) is 3.54. The molecule has 1 amide bonds. The van der Waals surface area contributed by atoms with Crippen LogP contribution in [-0.2, 0) is 13.0 Å². The molecule has 0 spiro atoms. The van der Waals surface area contributed by atoms with Gasteiger partial charge in [-0.25, -0.2) is 9.97 Å². The van der Waals surface area contributed by atoms with E-state index in [1.807, 2.05) is 46.1 Å². The van der Waals surface area contributed by atoms with Crippen LogP contribution in [0.25, 0.3) is 5.52 Å². The molecule has 124 valence electrons. The highest BCUT2D eigenvalue weighted by atomic mass is 16.2. The number of hydrogen-bond donors (Lipinski definition) is 0. The molecule has 0 saturated carbocycles. The molecule has 0 bridgehead atoms. The van der Waals surface area contributed by atoms with Crippen molar-refractivity contribution in [1.29, 1.82) is 0 Å². The molecular weight excluding hydrogens is 302 g/mol. The van der Waals surface area contributed by atoms with Crippen molar-refractivity contribution in [2.75, 3.05) is 6.54 Å². The van der Waals surface area contributed by atoms with Gasteiger partial charge in [0, 0.05) is 43.6 Å². The molecule has 1 atom stereocenters. The summed E-state index contributed by atoms with van der Waals surface area (Å²) in [6.45, 7) is 3.71. The minimum Gasteiger partial charge on any atom is -0.333 e. The fourth-order valence-corrected chi connectivity index (χ4v) is 3.54. The van der Waals surface area contributed by atoms with Gasteiger partial charge in [0.05, 0.1) is 12.4 Å². The van der Waals surface area contributed by atoms with Gasteiger partial charge in [0.1, 0.15) is 11.5 Å². The first-order valence-electron chi connectivity index (χ1n) is 8.50. The van der Waals surface area contributed by atoms with Crippen molar-refractivity contribution in [3.05, 3.63) is 54.6 Å². The van der Waals surface area contributed by atoms with Crippen molar-refractivity contribution < 1.29 is 4.79 Å². The summed E-state index contributed by atoms with van der Waals surface area (Å²) in [5.41, 5.74) is 1.52. The molecule has 3 aromatic rings. The number of rotatable bonds is 4. The summed E-state index contributed by atoms with van der Waals surface area (Å²) in [5.74, 6) is 1.10. The van der Waals surface area contributed by atoms with Crippen molar-refractivity contribution in [1.82, 2.24) is 23.8 Å². The highest BCUT2D eigenvalue weighted by molar-refractivity contribution is 5.93. The van der Waals surface area contributed by atoms with Crippen molar-refractivity contribution in [2.45, 2.75) is 38.8 Å². The Morgan fingerprint density at radius 1 is 1.33 bits per heavy atom. The molecule has 6 heteroatoms. The minimum absolute atomic E-state index is 0.0272. The van der Waals surface area contributed by atoms with Gasteiger partial charge in [0.25, 0.3) is 5.91 Å². The van der Waals surface area contributed by atoms with Crippen LogP contribution >= 0.6 is 0 Å². The predicted octanol–water partition coefficient (Wildman–Crippen LogP) is 2.40. The van der Waals surface area contributed by atoms with E-state index in [0.29, 0.717) is 5.69 Å². The summed E-state index contributed by atoms with van der Waals surface area (Å²) < 4.78 is 4.08. The molecule has 0 radical (unpaired) electrons. The molecule has 1 saturated heterocycles. The Bertz CT molecular complexity index is 865. The van der Waals surface area contributed by atoms with Crippen molar-refractivity contribution >= 4 is 11.4 Å². The number of fused-ring (bicyclic) bond motifs is 1. The van der Waals surface area contributed by atoms with Crippen molar-refractivity contribution in [3.8, 4) is 0 Å². The van der Waals surface area contributed by atoms with Gasteiger partial charge in [-0.15, -0.1) is 0 Å². The standard InChI is InChI=1S/C18H21N5O/c1-2-17-19-7-10-21(17)12-15-6-4-9-23(15)18(24)16-11-14-5-3-8-22(14)13-20-16/h3,5,7-8,10-11,13,15H,2,4,6,9,12H2,1H3/t15-/m1/s1. The number of aryl methyl sites for hydroxylation is 1. The van der Waals surface area contributed by atoms with Crippen LogP contribution in [0.3, 0.4) is 0 Å². The summed E-state index contributed by atoms with van der Waals surface area (Å²) in [7, 11) is 0. The maximum absolute atomic E-state index is 12.9. The fraction of sp³-hybridized carbons (Fsp3) is 0.389. The van der Waals surface area contributed by atoms with E-state index in [1.54, 1.807) is 6.33 Å². The lowest BCUT2D eigenvalue weighted by atomic mass is 10.2. The van der Waals surface area contributed by atoms with E-state index in [2.05, 4.69) is 21.5 Å². The SMILES string of the molecule is CCc1nccn1C[C@H]1CCCN1C(=O)c1cc2cccn2cn1. The largest absolute Gasteiger partial charge is 0.333 e. The summed E-state index contributed by atoms with van der Waals surface area (Å²) in [4.78, 5) is 23.6. The molecule has 24 heavy (non-hydrogen) atoms. The van der Waals surface area contributed by atoms with E-state index in [9.17, 15) is 4.79 Å². The number of carbonyl (C=O) groups excluding carboxylic acids is 1. The molecule has 0 unspecified atom stereocenters. The molecule has 1 aliphatic rings. The van der Waals surface area contributed by atoms with E-state index < -0.39 is 0 Å². The van der Waals surface area contributed by atoms with Gasteiger partial charge in [0.15, 0.2) is 0 Å². The molecule has 3 aromatic heterocycles. The molecule has 0 aromatic carbocycles. The number of hydrogen-bond acceptors (Lipinski definition) is 3. The number of aromatic nitrogens is 4. The molecular formula is C18H21N5O. The zero-order chi connectivity index (χ0) is 16.5. The summed E-state index contributed by atoms with van der Waals surface area (Å²) in [6, 6.07) is 6.02. The molecule has 1 fully saturated rings. The lowest BCUT2D eigenvalue weighted by Crippen LogP contribution is -2.38. The number of likely N-dealkylation sites (tertiary alicyclic amines) is 1. The maximum Gasteiger partial charge on any atom is 0.272 e. The summed E-state index contributed by atoms with van der Waals surface area (Å²) >= 11 is 0. The maximum atomic E-state index is 12.9. The van der Waals surface area contributed by atoms with Crippen LogP contribution in [0, 0.1) is 0 Å². The van der Waals surface area contributed by atoms with Gasteiger partial charge in [-0.2, -0.15) is 0 Å². The van der Waals surface area contributed by atoms with Gasteiger partial charge >= 0.3 is 0 Å². The number of carbonyl (C=O) groups is 1. The topological polar surface area (TPSA) is 55.4 Å². The molecule has 4 rings (SSSR count). The monoisotopic (exact) mass is 323 g/mol. The van der Waals surface area contributed by atoms with Crippen LogP contribution in [-0.4, -0.2) is 42.3 Å². The average molecular weight is 323 g/mol. The van der Waals surface area contributed by atoms with Crippen LogP contribution in [0.4, 0.5) is 0 Å². The number of imidazole rings is 1. The second-order valence-electron chi connectivity index (χ2n) is 6.26. The second-order valence-corrected chi connectivity index (χ2v) is 6.26. The van der Waals surface area contributed by atoms with E-state index in [0.717, 1.165) is 43.7 Å². The Labute approximate surface area is 140 Å². The van der Waals surface area contributed by atoms with E-state index in [1.165, 1.54) is 0 Å². The lowest BCUT2D eigenvalue weighted by molar-refractivity contribution is 0.0717. The van der Waals surface area contributed by atoms with E-state index in [4.69, 9.17) is 0 Å². The van der Waals surface area contributed by atoms with Gasteiger partial charge in [0.2, 0.25) is 0 Å². The third-order valence-electron chi connectivity index (χ3n) is 4.80. The molecule has 4 heterocycles. The molecule has 0 N–H and O–H groups in total. The highest BCUT2D eigenvalue weighted by Crippen LogP contribution is 2.22. The molecule has 6 nitrogen and oxygen atoms in total.